The van der Waals surface area contributed by atoms with E-state index in [0.29, 0.717) is 49.9 Å². The number of rotatable bonds is 9. The summed E-state index contributed by atoms with van der Waals surface area (Å²) >= 11 is 0. The van der Waals surface area contributed by atoms with Crippen LogP contribution in [0.15, 0.2) is 39.9 Å². The number of aromatic nitrogens is 4. The Bertz CT molecular complexity index is 1270. The highest BCUT2D eigenvalue weighted by molar-refractivity contribution is 5.73. The van der Waals surface area contributed by atoms with Gasteiger partial charge in [-0.15, -0.1) is 0 Å². The molecular weight excluding hydrogens is 446 g/mol. The average molecular weight is 482 g/mol. The van der Waals surface area contributed by atoms with E-state index in [2.05, 4.69) is 23.7 Å². The molecule has 9 nitrogen and oxygen atoms in total. The average Bonchev–Trinajstić information content (AvgIpc) is 3.19. The van der Waals surface area contributed by atoms with E-state index in [1.807, 2.05) is 41.8 Å². The molecule has 1 aliphatic rings. The van der Waals surface area contributed by atoms with Crippen LogP contribution in [0.2, 0.25) is 0 Å². The van der Waals surface area contributed by atoms with E-state index in [1.165, 1.54) is 0 Å². The number of aryl methyl sites for hydroxylation is 1. The zero-order valence-corrected chi connectivity index (χ0v) is 20.8. The maximum Gasteiger partial charge on any atom is 0.330 e. The molecule has 1 aliphatic heterocycles. The van der Waals surface area contributed by atoms with E-state index in [1.54, 1.807) is 4.57 Å². The van der Waals surface area contributed by atoms with Crippen LogP contribution < -0.4 is 11.2 Å². The summed E-state index contributed by atoms with van der Waals surface area (Å²) in [7, 11) is 0. The van der Waals surface area contributed by atoms with Gasteiger partial charge < -0.3 is 9.30 Å². The molecule has 1 atom stereocenters. The monoisotopic (exact) mass is 481 g/mol. The molecule has 0 amide bonds. The number of aromatic amines is 1. The number of hydrogen-bond acceptors (Lipinski definition) is 6. The molecule has 9 heteroatoms. The lowest BCUT2D eigenvalue weighted by molar-refractivity contribution is -0.150. The van der Waals surface area contributed by atoms with Crippen molar-refractivity contribution in [2.24, 2.45) is 11.8 Å². The van der Waals surface area contributed by atoms with Crippen LogP contribution in [0.25, 0.3) is 11.2 Å². The van der Waals surface area contributed by atoms with Gasteiger partial charge in [0.15, 0.2) is 11.2 Å². The Morgan fingerprint density at radius 2 is 1.94 bits per heavy atom. The van der Waals surface area contributed by atoms with Gasteiger partial charge in [0, 0.05) is 13.1 Å². The Morgan fingerprint density at radius 1 is 1.17 bits per heavy atom. The summed E-state index contributed by atoms with van der Waals surface area (Å²) in [4.78, 5) is 47.7. The van der Waals surface area contributed by atoms with Crippen molar-refractivity contribution in [1.82, 2.24) is 24.0 Å². The lowest BCUT2D eigenvalue weighted by atomic mass is 9.98. The Balaban J connectivity index is 1.73. The van der Waals surface area contributed by atoms with Crippen molar-refractivity contribution in [3.63, 3.8) is 0 Å². The number of carbonyl (C=O) groups is 1. The third kappa shape index (κ3) is 5.73. The molecule has 0 radical (unpaired) electrons. The van der Waals surface area contributed by atoms with Gasteiger partial charge in [-0.05, 0) is 44.2 Å². The molecule has 3 aromatic rings. The maximum absolute atomic E-state index is 13.0. The maximum atomic E-state index is 13.0. The van der Waals surface area contributed by atoms with Gasteiger partial charge in [0.25, 0.3) is 5.56 Å². The highest BCUT2D eigenvalue weighted by atomic mass is 16.5. The molecule has 3 heterocycles. The fourth-order valence-corrected chi connectivity index (χ4v) is 4.73. The van der Waals surface area contributed by atoms with Crippen LogP contribution in [0.5, 0.6) is 0 Å². The van der Waals surface area contributed by atoms with E-state index >= 15 is 0 Å². The number of piperidine rings is 1. The van der Waals surface area contributed by atoms with Crippen LogP contribution in [-0.2, 0) is 29.2 Å². The van der Waals surface area contributed by atoms with Crippen LogP contribution >= 0.6 is 0 Å². The Hall–Kier alpha value is -3.20. The summed E-state index contributed by atoms with van der Waals surface area (Å²) in [6.07, 6.45) is 2.59. The normalized spacial score (nSPS) is 16.7. The summed E-state index contributed by atoms with van der Waals surface area (Å²) < 4.78 is 8.75. The van der Waals surface area contributed by atoms with E-state index in [9.17, 15) is 14.4 Å². The van der Waals surface area contributed by atoms with Crippen molar-refractivity contribution < 1.29 is 9.53 Å². The number of esters is 1. The summed E-state index contributed by atoms with van der Waals surface area (Å²) in [5.41, 5.74) is 0.900. The van der Waals surface area contributed by atoms with Crippen LogP contribution in [0, 0.1) is 11.8 Å². The van der Waals surface area contributed by atoms with Crippen LogP contribution in [0.3, 0.4) is 0 Å². The minimum absolute atomic E-state index is 0.154. The Kier molecular flexibility index (Phi) is 7.85. The van der Waals surface area contributed by atoms with E-state index < -0.39 is 11.2 Å². The molecule has 188 valence electrons. The minimum atomic E-state index is -0.466. The third-order valence-corrected chi connectivity index (χ3v) is 6.57. The van der Waals surface area contributed by atoms with Gasteiger partial charge in [0.05, 0.1) is 25.6 Å². The number of H-pyrrole nitrogens is 1. The van der Waals surface area contributed by atoms with Gasteiger partial charge >= 0.3 is 11.7 Å². The molecule has 0 spiro atoms. The summed E-state index contributed by atoms with van der Waals surface area (Å²) in [5.74, 6) is 0.872. The molecule has 35 heavy (non-hydrogen) atoms. The van der Waals surface area contributed by atoms with Gasteiger partial charge in [0.2, 0.25) is 0 Å². The molecule has 0 bridgehead atoms. The van der Waals surface area contributed by atoms with Crippen LogP contribution in [0.1, 0.15) is 51.4 Å². The van der Waals surface area contributed by atoms with Crippen molar-refractivity contribution in [3.8, 4) is 0 Å². The third-order valence-electron chi connectivity index (χ3n) is 6.57. The van der Waals surface area contributed by atoms with Crippen molar-refractivity contribution >= 4 is 17.1 Å². The minimum Gasteiger partial charge on any atom is -0.466 e. The Morgan fingerprint density at radius 3 is 2.66 bits per heavy atom. The number of likely N-dealkylation sites (tertiary alicyclic amines) is 1. The standard InChI is InChI=1S/C26H35N5O4/c1-4-35-25(33)20-11-8-13-29(16-20)17-21-27-23-22(30(21)14-12-18(2)3)24(32)28-26(34)31(23)15-19-9-6-5-7-10-19/h5-7,9-10,18,20H,4,8,11-17H2,1-3H3,(H,28,32,34). The highest BCUT2D eigenvalue weighted by Crippen LogP contribution is 2.22. The van der Waals surface area contributed by atoms with Gasteiger partial charge in [0.1, 0.15) is 5.82 Å². The molecule has 2 aromatic heterocycles. The summed E-state index contributed by atoms with van der Waals surface area (Å²) in [6.45, 7) is 9.38. The number of nitrogens with one attached hydrogen (secondary N) is 1. The molecule has 4 rings (SSSR count). The molecule has 0 saturated carbocycles. The van der Waals surface area contributed by atoms with E-state index in [-0.39, 0.29) is 11.9 Å². The zero-order chi connectivity index (χ0) is 24.9. The second kappa shape index (κ2) is 11.0. The molecule has 1 N–H and O–H groups in total. The molecule has 1 saturated heterocycles. The largest absolute Gasteiger partial charge is 0.466 e. The highest BCUT2D eigenvalue weighted by Gasteiger charge is 2.28. The number of fused-ring (bicyclic) bond motifs is 1. The van der Waals surface area contributed by atoms with Gasteiger partial charge in [-0.3, -0.25) is 24.0 Å². The van der Waals surface area contributed by atoms with Crippen molar-refractivity contribution in [3.05, 3.63) is 62.6 Å². The molecule has 1 aromatic carbocycles. The number of benzene rings is 1. The summed E-state index contributed by atoms with van der Waals surface area (Å²) in [5, 5.41) is 0. The first-order valence-electron chi connectivity index (χ1n) is 12.5. The lowest BCUT2D eigenvalue weighted by Crippen LogP contribution is -2.39. The van der Waals surface area contributed by atoms with Crippen molar-refractivity contribution in [1.29, 1.82) is 0 Å². The summed E-state index contributed by atoms with van der Waals surface area (Å²) in [6, 6.07) is 9.67. The van der Waals surface area contributed by atoms with Crippen LogP contribution in [0.4, 0.5) is 0 Å². The Labute approximate surface area is 204 Å². The first-order valence-corrected chi connectivity index (χ1v) is 12.5. The van der Waals surface area contributed by atoms with Crippen molar-refractivity contribution in [2.45, 2.75) is 59.7 Å². The van der Waals surface area contributed by atoms with Gasteiger partial charge in [-0.2, -0.15) is 0 Å². The molecule has 0 aliphatic carbocycles. The van der Waals surface area contributed by atoms with Crippen LogP contribution in [-0.4, -0.2) is 49.7 Å². The predicted molar refractivity (Wildman–Crippen MR) is 134 cm³/mol. The van der Waals surface area contributed by atoms with Crippen molar-refractivity contribution in [2.75, 3.05) is 19.7 Å². The first-order chi connectivity index (χ1) is 16.9. The second-order valence-corrected chi connectivity index (χ2v) is 9.69. The number of nitrogens with zero attached hydrogens (tertiary/aromatic N) is 4. The zero-order valence-electron chi connectivity index (χ0n) is 20.8. The molecular formula is C26H35N5O4. The number of hydrogen-bond donors (Lipinski definition) is 1. The number of imidazole rings is 1. The topological polar surface area (TPSA) is 102 Å². The number of carbonyl (C=O) groups excluding carboxylic acids is 1. The van der Waals surface area contributed by atoms with Gasteiger partial charge in [-0.1, -0.05) is 44.2 Å². The molecule has 1 fully saturated rings. The fraction of sp³-hybridized carbons (Fsp3) is 0.538. The first kappa shape index (κ1) is 24.9. The quantitative estimate of drug-likeness (QED) is 0.472. The second-order valence-electron chi connectivity index (χ2n) is 9.69. The fourth-order valence-electron chi connectivity index (χ4n) is 4.73. The predicted octanol–water partition coefficient (Wildman–Crippen LogP) is 2.76. The van der Waals surface area contributed by atoms with Gasteiger partial charge in [-0.25, -0.2) is 9.78 Å². The SMILES string of the molecule is CCOC(=O)C1CCCN(Cc2nc3c(c(=O)[nH]c(=O)n3Cc3ccccc3)n2CCC(C)C)C1. The smallest absolute Gasteiger partial charge is 0.330 e. The molecule has 1 unspecified atom stereocenters. The lowest BCUT2D eigenvalue weighted by Gasteiger charge is -2.31. The van der Waals surface area contributed by atoms with E-state index in [4.69, 9.17) is 9.72 Å². The van der Waals surface area contributed by atoms with E-state index in [0.717, 1.165) is 37.2 Å². The number of ether oxygens (including phenoxy) is 1.